The van der Waals surface area contributed by atoms with Gasteiger partial charge in [-0.2, -0.15) is 0 Å². The molecule has 1 aromatic heterocycles. The van der Waals surface area contributed by atoms with Crippen molar-refractivity contribution in [3.63, 3.8) is 0 Å². The average Bonchev–Trinajstić information content (AvgIpc) is 2.78. The highest BCUT2D eigenvalue weighted by Crippen LogP contribution is 2.28. The van der Waals surface area contributed by atoms with E-state index in [1.54, 1.807) is 0 Å². The molecule has 1 aliphatic carbocycles. The number of nitrogens with one attached hydrogen (secondary N) is 1. The van der Waals surface area contributed by atoms with Crippen LogP contribution in [0.3, 0.4) is 0 Å². The zero-order chi connectivity index (χ0) is 10.7. The molecule has 84 valence electrons. The van der Waals surface area contributed by atoms with Crippen molar-refractivity contribution in [1.29, 1.82) is 0 Å². The Labute approximate surface area is 91.1 Å². The molecule has 1 fully saturated rings. The SMILES string of the molecule is Cn1cccc1CNCC1(O)CCCC1. The second-order valence-corrected chi connectivity index (χ2v) is 4.65. The van der Waals surface area contributed by atoms with Crippen molar-refractivity contribution in [2.45, 2.75) is 37.8 Å². The van der Waals surface area contributed by atoms with Crippen LogP contribution < -0.4 is 5.32 Å². The van der Waals surface area contributed by atoms with E-state index in [0.717, 1.165) is 25.9 Å². The van der Waals surface area contributed by atoms with Gasteiger partial charge in [0.15, 0.2) is 0 Å². The van der Waals surface area contributed by atoms with Gasteiger partial charge in [0, 0.05) is 32.0 Å². The molecule has 0 radical (unpaired) electrons. The fraction of sp³-hybridized carbons (Fsp3) is 0.667. The topological polar surface area (TPSA) is 37.2 Å². The molecule has 1 saturated carbocycles. The Morgan fingerprint density at radius 1 is 1.47 bits per heavy atom. The minimum Gasteiger partial charge on any atom is -0.389 e. The van der Waals surface area contributed by atoms with Crippen LogP contribution in [0.25, 0.3) is 0 Å². The lowest BCUT2D eigenvalue weighted by molar-refractivity contribution is 0.0473. The Hall–Kier alpha value is -0.800. The molecule has 3 heteroatoms. The number of aryl methyl sites for hydroxylation is 1. The van der Waals surface area contributed by atoms with Crippen LogP contribution in [0.5, 0.6) is 0 Å². The van der Waals surface area contributed by atoms with Crippen molar-refractivity contribution >= 4 is 0 Å². The maximum atomic E-state index is 10.1. The lowest BCUT2D eigenvalue weighted by Crippen LogP contribution is -2.37. The third kappa shape index (κ3) is 2.61. The molecule has 0 spiro atoms. The number of aliphatic hydroxyl groups is 1. The van der Waals surface area contributed by atoms with Crippen LogP contribution in [-0.4, -0.2) is 21.8 Å². The van der Waals surface area contributed by atoms with Gasteiger partial charge in [-0.25, -0.2) is 0 Å². The molecule has 15 heavy (non-hydrogen) atoms. The van der Waals surface area contributed by atoms with Gasteiger partial charge < -0.3 is 15.0 Å². The maximum absolute atomic E-state index is 10.1. The second kappa shape index (κ2) is 4.37. The molecule has 0 aliphatic heterocycles. The highest BCUT2D eigenvalue weighted by atomic mass is 16.3. The van der Waals surface area contributed by atoms with Crippen molar-refractivity contribution in [3.8, 4) is 0 Å². The largest absolute Gasteiger partial charge is 0.389 e. The predicted octanol–water partition coefficient (Wildman–Crippen LogP) is 1.42. The second-order valence-electron chi connectivity index (χ2n) is 4.65. The molecule has 0 saturated heterocycles. The Balaban J connectivity index is 1.77. The molecule has 1 aromatic rings. The fourth-order valence-corrected chi connectivity index (χ4v) is 2.31. The monoisotopic (exact) mass is 208 g/mol. The summed E-state index contributed by atoms with van der Waals surface area (Å²) in [4.78, 5) is 0. The number of hydrogen-bond donors (Lipinski definition) is 2. The van der Waals surface area contributed by atoms with Crippen LogP contribution in [0.4, 0.5) is 0 Å². The fourth-order valence-electron chi connectivity index (χ4n) is 2.31. The van der Waals surface area contributed by atoms with Gasteiger partial charge in [-0.3, -0.25) is 0 Å². The molecule has 3 nitrogen and oxygen atoms in total. The van der Waals surface area contributed by atoms with E-state index in [1.165, 1.54) is 18.5 Å². The first kappa shape index (κ1) is 10.7. The molecule has 2 N–H and O–H groups in total. The number of hydrogen-bond acceptors (Lipinski definition) is 2. The van der Waals surface area contributed by atoms with Gasteiger partial charge in [-0.05, 0) is 25.0 Å². The molecule has 0 atom stereocenters. The molecule has 2 rings (SSSR count). The zero-order valence-corrected chi connectivity index (χ0v) is 9.37. The minimum absolute atomic E-state index is 0.439. The van der Waals surface area contributed by atoms with Crippen LogP contribution in [0.2, 0.25) is 0 Å². The van der Waals surface area contributed by atoms with E-state index in [2.05, 4.69) is 16.0 Å². The van der Waals surface area contributed by atoms with Gasteiger partial charge in [0.2, 0.25) is 0 Å². The summed E-state index contributed by atoms with van der Waals surface area (Å²) >= 11 is 0. The van der Waals surface area contributed by atoms with E-state index in [-0.39, 0.29) is 0 Å². The van der Waals surface area contributed by atoms with Crippen LogP contribution in [0.1, 0.15) is 31.4 Å². The quantitative estimate of drug-likeness (QED) is 0.785. The average molecular weight is 208 g/mol. The number of aromatic nitrogens is 1. The standard InChI is InChI=1S/C12H20N2O/c1-14-8-4-5-11(14)9-13-10-12(15)6-2-3-7-12/h4-5,8,13,15H,2-3,6-7,9-10H2,1H3. The number of nitrogens with zero attached hydrogens (tertiary/aromatic N) is 1. The van der Waals surface area contributed by atoms with E-state index in [0.29, 0.717) is 0 Å². The van der Waals surface area contributed by atoms with Crippen LogP contribution >= 0.6 is 0 Å². The third-order valence-electron chi connectivity index (χ3n) is 3.35. The van der Waals surface area contributed by atoms with Crippen molar-refractivity contribution < 1.29 is 5.11 Å². The van der Waals surface area contributed by atoms with E-state index >= 15 is 0 Å². The first-order valence-electron chi connectivity index (χ1n) is 5.73. The summed E-state index contributed by atoms with van der Waals surface area (Å²) in [6.07, 6.45) is 6.28. The van der Waals surface area contributed by atoms with Gasteiger partial charge >= 0.3 is 0 Å². The highest BCUT2D eigenvalue weighted by Gasteiger charge is 2.30. The third-order valence-corrected chi connectivity index (χ3v) is 3.35. The first-order chi connectivity index (χ1) is 7.20. The zero-order valence-electron chi connectivity index (χ0n) is 9.37. The molecular weight excluding hydrogens is 188 g/mol. The molecule has 0 aromatic carbocycles. The summed E-state index contributed by atoms with van der Waals surface area (Å²) in [6, 6.07) is 4.15. The van der Waals surface area contributed by atoms with E-state index in [1.807, 2.05) is 19.3 Å². The molecule has 1 heterocycles. The summed E-state index contributed by atoms with van der Waals surface area (Å²) in [5.41, 5.74) is 0.821. The number of rotatable bonds is 4. The summed E-state index contributed by atoms with van der Waals surface area (Å²) in [6.45, 7) is 1.56. The smallest absolute Gasteiger partial charge is 0.0771 e. The summed E-state index contributed by atoms with van der Waals surface area (Å²) in [7, 11) is 2.04. The summed E-state index contributed by atoms with van der Waals surface area (Å²) in [5, 5.41) is 13.5. The highest BCUT2D eigenvalue weighted by molar-refractivity contribution is 5.06. The van der Waals surface area contributed by atoms with Gasteiger partial charge in [0.1, 0.15) is 0 Å². The Bertz CT molecular complexity index is 313. The Morgan fingerprint density at radius 3 is 2.80 bits per heavy atom. The van der Waals surface area contributed by atoms with E-state index < -0.39 is 5.60 Å². The predicted molar refractivity (Wildman–Crippen MR) is 60.5 cm³/mol. The lowest BCUT2D eigenvalue weighted by Gasteiger charge is -2.22. The van der Waals surface area contributed by atoms with Gasteiger partial charge in [-0.15, -0.1) is 0 Å². The molecule has 1 aliphatic rings. The van der Waals surface area contributed by atoms with Crippen molar-refractivity contribution in [3.05, 3.63) is 24.0 Å². The lowest BCUT2D eigenvalue weighted by atomic mass is 10.0. The first-order valence-corrected chi connectivity index (χ1v) is 5.73. The van der Waals surface area contributed by atoms with E-state index in [4.69, 9.17) is 0 Å². The van der Waals surface area contributed by atoms with Crippen LogP contribution in [0.15, 0.2) is 18.3 Å². The van der Waals surface area contributed by atoms with Crippen LogP contribution in [0, 0.1) is 0 Å². The van der Waals surface area contributed by atoms with E-state index in [9.17, 15) is 5.11 Å². The van der Waals surface area contributed by atoms with Gasteiger partial charge in [0.25, 0.3) is 0 Å². The van der Waals surface area contributed by atoms with Crippen molar-refractivity contribution in [1.82, 2.24) is 9.88 Å². The molecule has 0 bridgehead atoms. The van der Waals surface area contributed by atoms with Crippen molar-refractivity contribution in [2.24, 2.45) is 7.05 Å². The van der Waals surface area contributed by atoms with Gasteiger partial charge in [0.05, 0.1) is 5.60 Å². The molecular formula is C12H20N2O. The Kier molecular flexibility index (Phi) is 3.12. The maximum Gasteiger partial charge on any atom is 0.0771 e. The minimum atomic E-state index is -0.439. The van der Waals surface area contributed by atoms with Gasteiger partial charge in [-0.1, -0.05) is 12.8 Å². The van der Waals surface area contributed by atoms with Crippen molar-refractivity contribution in [2.75, 3.05) is 6.54 Å². The Morgan fingerprint density at radius 2 is 2.20 bits per heavy atom. The van der Waals surface area contributed by atoms with Crippen LogP contribution in [-0.2, 0) is 13.6 Å². The molecule has 0 unspecified atom stereocenters. The summed E-state index contributed by atoms with van der Waals surface area (Å²) < 4.78 is 2.10. The molecule has 0 amide bonds. The normalized spacial score (nSPS) is 19.6. The summed E-state index contributed by atoms with van der Waals surface area (Å²) in [5.74, 6) is 0.